The SMILES string of the molecule is CO.COC(=O)C(CO)NC(=O)CCCC(=O)OC1CCC2(C=O)C3CCC4(C)C(c5ccc(=O)oc5)CCC4(O)C3CCC2(O)C1. The molecule has 0 aliphatic heterocycles. The number of ether oxygens (including phenoxy) is 2. The van der Waals surface area contributed by atoms with Crippen LogP contribution in [0, 0.1) is 22.7 Å². The van der Waals surface area contributed by atoms with Crippen molar-refractivity contribution in [2.45, 2.75) is 113 Å². The molecule has 4 fully saturated rings. The maximum absolute atomic E-state index is 13.0. The predicted octanol–water partition coefficient (Wildman–Crippen LogP) is 1.52. The summed E-state index contributed by atoms with van der Waals surface area (Å²) in [4.78, 5) is 60.9. The Morgan fingerprint density at radius 1 is 1.04 bits per heavy atom. The normalized spacial score (nSPS) is 36.2. The smallest absolute Gasteiger partial charge is 0.335 e. The van der Waals surface area contributed by atoms with Crippen LogP contribution in [0.1, 0.15) is 95.5 Å². The summed E-state index contributed by atoms with van der Waals surface area (Å²) in [6.45, 7) is 1.49. The Bertz CT molecular complexity index is 1340. The second-order valence-corrected chi connectivity index (χ2v) is 13.8. The molecule has 13 heteroatoms. The highest BCUT2D eigenvalue weighted by molar-refractivity contribution is 5.84. The highest BCUT2D eigenvalue weighted by Gasteiger charge is 2.71. The van der Waals surface area contributed by atoms with Gasteiger partial charge in [0.1, 0.15) is 12.4 Å². The summed E-state index contributed by atoms with van der Waals surface area (Å²) in [7, 11) is 2.15. The van der Waals surface area contributed by atoms with Gasteiger partial charge in [0.25, 0.3) is 0 Å². The summed E-state index contributed by atoms with van der Waals surface area (Å²) >= 11 is 0. The van der Waals surface area contributed by atoms with Crippen molar-refractivity contribution in [3.8, 4) is 0 Å². The van der Waals surface area contributed by atoms with E-state index >= 15 is 0 Å². The molecule has 1 heterocycles. The van der Waals surface area contributed by atoms with Crippen LogP contribution in [-0.2, 0) is 28.7 Å². The molecule has 4 aliphatic rings. The number of aldehydes is 1. The lowest BCUT2D eigenvalue weighted by molar-refractivity contribution is -0.248. The van der Waals surface area contributed by atoms with Crippen LogP contribution >= 0.6 is 0 Å². The molecule has 4 saturated carbocycles. The van der Waals surface area contributed by atoms with Gasteiger partial charge in [-0.2, -0.15) is 0 Å². The van der Waals surface area contributed by atoms with E-state index in [1.54, 1.807) is 6.07 Å². The zero-order valence-corrected chi connectivity index (χ0v) is 27.4. The van der Waals surface area contributed by atoms with Crippen LogP contribution in [0.2, 0.25) is 0 Å². The lowest BCUT2D eigenvalue weighted by atomic mass is 9.41. The standard InChI is InChI=1S/C33H45NO11.CH4O/c1-30-12-9-23-24(33(30,42)15-11-22(30)20-6-7-27(38)44-18-20)10-14-32(41)16-21(8-13-31(23,32)19-36)45-28(39)5-3-4-26(37)34-25(17-35)29(40)43-2;1-2/h6-7,18-19,21-25,35,41-42H,3-5,8-17H2,1-2H3,(H,34,37);2H,1H3. The minimum Gasteiger partial charge on any atom is -0.467 e. The lowest BCUT2D eigenvalue weighted by Gasteiger charge is -2.65. The Morgan fingerprint density at radius 3 is 2.40 bits per heavy atom. The molecular formula is C34H49NO12. The zero-order valence-electron chi connectivity index (χ0n) is 27.4. The van der Waals surface area contributed by atoms with Crippen LogP contribution in [-0.4, -0.2) is 88.7 Å². The number of hydrogen-bond donors (Lipinski definition) is 5. The van der Waals surface area contributed by atoms with Crippen molar-refractivity contribution in [3.05, 3.63) is 34.4 Å². The number of aliphatic hydroxyl groups excluding tert-OH is 2. The molecule has 0 saturated heterocycles. The van der Waals surface area contributed by atoms with E-state index in [0.717, 1.165) is 32.5 Å². The Kier molecular flexibility index (Phi) is 11.4. The number of methoxy groups -OCH3 is 1. The maximum Gasteiger partial charge on any atom is 0.335 e. The third kappa shape index (κ3) is 6.51. The highest BCUT2D eigenvalue weighted by Crippen LogP contribution is 2.71. The summed E-state index contributed by atoms with van der Waals surface area (Å²) in [6.07, 6.45) is 6.18. The van der Waals surface area contributed by atoms with E-state index in [1.807, 2.05) is 0 Å². The van der Waals surface area contributed by atoms with Gasteiger partial charge < -0.3 is 44.4 Å². The molecule has 13 nitrogen and oxygen atoms in total. The second kappa shape index (κ2) is 14.6. The van der Waals surface area contributed by atoms with E-state index in [0.29, 0.717) is 44.9 Å². The van der Waals surface area contributed by atoms with Gasteiger partial charge in [0.05, 0.1) is 36.6 Å². The van der Waals surface area contributed by atoms with E-state index in [4.69, 9.17) is 14.3 Å². The summed E-state index contributed by atoms with van der Waals surface area (Å²) in [5.74, 6) is -2.20. The van der Waals surface area contributed by atoms with Gasteiger partial charge in [-0.05, 0) is 87.2 Å². The Morgan fingerprint density at radius 2 is 1.77 bits per heavy atom. The Hall–Kier alpha value is -3.13. The number of amides is 1. The van der Waals surface area contributed by atoms with Gasteiger partial charge in [-0.1, -0.05) is 6.92 Å². The Balaban J connectivity index is 0.00000245. The fourth-order valence-corrected chi connectivity index (χ4v) is 9.56. The average molecular weight is 664 g/mol. The number of nitrogens with one attached hydrogen (secondary N) is 1. The molecule has 9 atom stereocenters. The maximum atomic E-state index is 13.0. The number of carbonyl (C=O) groups is 4. The number of aliphatic hydroxyl groups is 4. The summed E-state index contributed by atoms with van der Waals surface area (Å²) < 4.78 is 15.4. The fraction of sp³-hybridized carbons (Fsp3) is 0.735. The van der Waals surface area contributed by atoms with Crippen molar-refractivity contribution >= 4 is 24.1 Å². The first kappa shape index (κ1) is 36.7. The Labute approximate surface area is 274 Å². The molecule has 9 unspecified atom stereocenters. The van der Waals surface area contributed by atoms with E-state index in [1.165, 1.54) is 12.3 Å². The molecule has 4 aliphatic carbocycles. The van der Waals surface area contributed by atoms with Crippen molar-refractivity contribution < 1.29 is 53.5 Å². The molecule has 0 spiro atoms. The molecule has 0 bridgehead atoms. The van der Waals surface area contributed by atoms with Crippen LogP contribution < -0.4 is 10.9 Å². The predicted molar refractivity (Wildman–Crippen MR) is 166 cm³/mol. The van der Waals surface area contributed by atoms with Gasteiger partial charge in [-0.25, -0.2) is 9.59 Å². The van der Waals surface area contributed by atoms with Crippen molar-refractivity contribution in [2.24, 2.45) is 22.7 Å². The van der Waals surface area contributed by atoms with Crippen molar-refractivity contribution in [3.63, 3.8) is 0 Å². The molecule has 5 rings (SSSR count). The third-order valence-corrected chi connectivity index (χ3v) is 11.9. The summed E-state index contributed by atoms with van der Waals surface area (Å²) in [5, 5.41) is 43.1. The van der Waals surface area contributed by atoms with E-state index < -0.39 is 64.3 Å². The van der Waals surface area contributed by atoms with E-state index in [-0.39, 0.29) is 43.4 Å². The molecule has 1 aromatic rings. The van der Waals surface area contributed by atoms with Gasteiger partial charge in [0.15, 0.2) is 6.04 Å². The van der Waals surface area contributed by atoms with Crippen LogP contribution in [0.3, 0.4) is 0 Å². The first-order chi connectivity index (χ1) is 22.4. The van der Waals surface area contributed by atoms with Gasteiger partial charge in [0, 0.05) is 37.9 Å². The minimum absolute atomic E-state index is 0.00553. The van der Waals surface area contributed by atoms with E-state index in [2.05, 4.69) is 17.0 Å². The molecule has 262 valence electrons. The molecule has 0 aromatic carbocycles. The molecule has 5 N–H and O–H groups in total. The number of esters is 2. The van der Waals surface area contributed by atoms with Crippen LogP contribution in [0.4, 0.5) is 0 Å². The molecular weight excluding hydrogens is 614 g/mol. The van der Waals surface area contributed by atoms with Gasteiger partial charge >= 0.3 is 17.6 Å². The molecule has 0 radical (unpaired) electrons. The highest BCUT2D eigenvalue weighted by atomic mass is 16.5. The van der Waals surface area contributed by atoms with Crippen molar-refractivity contribution in [2.75, 3.05) is 20.8 Å². The van der Waals surface area contributed by atoms with Crippen LogP contribution in [0.5, 0.6) is 0 Å². The van der Waals surface area contributed by atoms with Crippen molar-refractivity contribution in [1.82, 2.24) is 5.32 Å². The van der Waals surface area contributed by atoms with Gasteiger partial charge in [-0.15, -0.1) is 0 Å². The van der Waals surface area contributed by atoms with Crippen LogP contribution in [0.25, 0.3) is 0 Å². The molecule has 1 amide bonds. The first-order valence-electron chi connectivity index (χ1n) is 16.5. The summed E-state index contributed by atoms with van der Waals surface area (Å²) in [6, 6.07) is 2.01. The van der Waals surface area contributed by atoms with Crippen molar-refractivity contribution in [1.29, 1.82) is 0 Å². The largest absolute Gasteiger partial charge is 0.467 e. The number of rotatable bonds is 10. The van der Waals surface area contributed by atoms with Crippen LogP contribution in [0.15, 0.2) is 27.6 Å². The summed E-state index contributed by atoms with van der Waals surface area (Å²) in [5.41, 5.74) is -3.49. The fourth-order valence-electron chi connectivity index (χ4n) is 9.56. The average Bonchev–Trinajstić information content (AvgIpc) is 3.34. The van der Waals surface area contributed by atoms with Gasteiger partial charge in [0.2, 0.25) is 5.91 Å². The third-order valence-electron chi connectivity index (χ3n) is 11.9. The number of fused-ring (bicyclic) bond motifs is 5. The van der Waals surface area contributed by atoms with E-state index in [9.17, 15) is 39.3 Å². The minimum atomic E-state index is -1.38. The molecule has 1 aromatic heterocycles. The zero-order chi connectivity index (χ0) is 34.6. The molecule has 47 heavy (non-hydrogen) atoms. The topological polar surface area (TPSA) is 210 Å². The monoisotopic (exact) mass is 663 g/mol. The number of hydrogen-bond acceptors (Lipinski definition) is 12. The lowest BCUT2D eigenvalue weighted by Crippen LogP contribution is -2.68. The second-order valence-electron chi connectivity index (χ2n) is 13.8. The first-order valence-corrected chi connectivity index (χ1v) is 16.5. The quantitative estimate of drug-likeness (QED) is 0.178. The van der Waals surface area contributed by atoms with Gasteiger partial charge in [-0.3, -0.25) is 9.59 Å². The number of carbonyl (C=O) groups excluding carboxylic acids is 4.